The molecule has 5 heterocycles. The fourth-order valence-electron chi connectivity index (χ4n) is 5.64. The summed E-state index contributed by atoms with van der Waals surface area (Å²) in [6.07, 6.45) is -3.14. The van der Waals surface area contributed by atoms with Gasteiger partial charge in [-0.3, -0.25) is 0 Å². The van der Waals surface area contributed by atoms with E-state index in [1.54, 1.807) is 0 Å². The van der Waals surface area contributed by atoms with Crippen molar-refractivity contribution in [2.75, 3.05) is 24.6 Å². The first-order valence-electron chi connectivity index (χ1n) is 13.5. The Labute approximate surface area is 246 Å². The molecule has 5 aromatic rings. The van der Waals surface area contributed by atoms with Crippen molar-refractivity contribution < 1.29 is 33.9 Å². The third-order valence-corrected chi connectivity index (χ3v) is 8.68. The van der Waals surface area contributed by atoms with Crippen LogP contribution in [0.1, 0.15) is 23.0 Å². The van der Waals surface area contributed by atoms with Crippen molar-refractivity contribution >= 4 is 27.2 Å². The molecule has 3 aromatic heterocycles. The molecule has 0 saturated carbocycles. The molecule has 43 heavy (non-hydrogen) atoms. The summed E-state index contributed by atoms with van der Waals surface area (Å²) in [5.74, 6) is -1.43. The first-order chi connectivity index (χ1) is 20.7. The molecule has 0 bridgehead atoms. The van der Waals surface area contributed by atoms with Gasteiger partial charge in [0, 0.05) is 18.7 Å². The largest absolute Gasteiger partial charge is 0.394 e. The Balaban J connectivity index is 1.20. The number of aliphatic hydroxyl groups excluding tert-OH is 4. The standard InChI is InChI=1S/C27H26F2N8O5S/c1-12-32-18-3-2-14(6-21(18)43-12)37-27(30-11-31-37)26-25(41)23(24(40)20(10-38)42-26)36-9-19(33-34-36)13-4-16(28)22(17(29)5-13)35-7-15(39)8-35/h2-6,9,11,15,20,23-26,38-41H,7-8,10H2,1H3/t20-,23+,24+,25-,26-/m1/s1. The van der Waals surface area contributed by atoms with E-state index in [2.05, 4.69) is 25.4 Å². The van der Waals surface area contributed by atoms with Gasteiger partial charge in [0.2, 0.25) is 0 Å². The Bertz CT molecular complexity index is 1780. The molecule has 0 spiro atoms. The van der Waals surface area contributed by atoms with Gasteiger partial charge < -0.3 is 30.1 Å². The SMILES string of the molecule is Cc1nc2ccc(-n3ncnc3[C@@H]3O[C@H](CO)[C@H](O)[C@H](n4cc(-c5cc(F)c(N6CC(O)C6)c(F)c5)nn4)[C@H]3O)cc2s1. The Hall–Kier alpha value is -3.93. The lowest BCUT2D eigenvalue weighted by atomic mass is 9.92. The van der Waals surface area contributed by atoms with Crippen LogP contribution in [0.5, 0.6) is 0 Å². The summed E-state index contributed by atoms with van der Waals surface area (Å²) in [5, 5.41) is 55.4. The summed E-state index contributed by atoms with van der Waals surface area (Å²) in [6.45, 7) is 1.59. The second-order valence-electron chi connectivity index (χ2n) is 10.6. The van der Waals surface area contributed by atoms with Gasteiger partial charge in [0.25, 0.3) is 0 Å². The highest BCUT2D eigenvalue weighted by atomic mass is 32.1. The molecule has 224 valence electrons. The van der Waals surface area contributed by atoms with Gasteiger partial charge in [0.05, 0.1) is 39.8 Å². The van der Waals surface area contributed by atoms with E-state index in [0.29, 0.717) is 5.69 Å². The third-order valence-electron chi connectivity index (χ3n) is 7.75. The summed E-state index contributed by atoms with van der Waals surface area (Å²) < 4.78 is 39.3. The number of nitrogens with zero attached hydrogens (tertiary/aromatic N) is 8. The van der Waals surface area contributed by atoms with Gasteiger partial charge in [-0.2, -0.15) is 5.10 Å². The highest BCUT2D eigenvalue weighted by Crippen LogP contribution is 2.39. The monoisotopic (exact) mass is 612 g/mol. The second kappa shape index (κ2) is 10.7. The maximum atomic E-state index is 14.9. The number of anilines is 1. The number of hydrogen-bond donors (Lipinski definition) is 4. The first-order valence-corrected chi connectivity index (χ1v) is 14.3. The Kier molecular flexibility index (Phi) is 6.91. The van der Waals surface area contributed by atoms with Crippen molar-refractivity contribution in [1.82, 2.24) is 34.7 Å². The summed E-state index contributed by atoms with van der Waals surface area (Å²) in [7, 11) is 0. The summed E-state index contributed by atoms with van der Waals surface area (Å²) in [6, 6.07) is 6.59. The maximum Gasteiger partial charge on any atom is 0.163 e. The Morgan fingerprint density at radius 2 is 1.84 bits per heavy atom. The lowest BCUT2D eigenvalue weighted by molar-refractivity contribution is -0.210. The molecule has 0 unspecified atom stereocenters. The van der Waals surface area contributed by atoms with Gasteiger partial charge in [-0.05, 0) is 37.3 Å². The van der Waals surface area contributed by atoms with Gasteiger partial charge in [-0.1, -0.05) is 5.21 Å². The molecular formula is C27H26F2N8O5S. The van der Waals surface area contributed by atoms with Crippen LogP contribution in [-0.2, 0) is 4.74 Å². The van der Waals surface area contributed by atoms with E-state index >= 15 is 0 Å². The molecule has 5 atom stereocenters. The molecule has 13 nitrogen and oxygen atoms in total. The lowest BCUT2D eigenvalue weighted by Crippen LogP contribution is -2.53. The predicted octanol–water partition coefficient (Wildman–Crippen LogP) is 1.30. The quantitative estimate of drug-likeness (QED) is 0.218. The normalized spacial score (nSPS) is 24.5. The van der Waals surface area contributed by atoms with Crippen LogP contribution >= 0.6 is 11.3 Å². The smallest absolute Gasteiger partial charge is 0.163 e. The van der Waals surface area contributed by atoms with Gasteiger partial charge >= 0.3 is 0 Å². The number of ether oxygens (including phenoxy) is 1. The molecule has 2 saturated heterocycles. The highest BCUT2D eigenvalue weighted by molar-refractivity contribution is 7.18. The van der Waals surface area contributed by atoms with E-state index in [1.807, 2.05) is 25.1 Å². The Morgan fingerprint density at radius 1 is 1.07 bits per heavy atom. The second-order valence-corrected chi connectivity index (χ2v) is 11.8. The number of aromatic nitrogens is 7. The van der Waals surface area contributed by atoms with Gasteiger partial charge in [-0.25, -0.2) is 28.1 Å². The van der Waals surface area contributed by atoms with E-state index in [0.717, 1.165) is 27.4 Å². The number of rotatable bonds is 6. The van der Waals surface area contributed by atoms with E-state index < -0.39 is 54.8 Å². The van der Waals surface area contributed by atoms with Crippen molar-refractivity contribution in [2.24, 2.45) is 0 Å². The fourth-order valence-corrected chi connectivity index (χ4v) is 6.50. The van der Waals surface area contributed by atoms with Crippen molar-refractivity contribution in [1.29, 1.82) is 0 Å². The van der Waals surface area contributed by atoms with Crippen molar-refractivity contribution in [3.8, 4) is 16.9 Å². The molecule has 2 aliphatic heterocycles. The third kappa shape index (κ3) is 4.75. The van der Waals surface area contributed by atoms with Crippen LogP contribution in [0.25, 0.3) is 27.2 Å². The van der Waals surface area contributed by atoms with Crippen LogP contribution in [0.15, 0.2) is 42.9 Å². The molecule has 2 aliphatic rings. The van der Waals surface area contributed by atoms with Crippen LogP contribution < -0.4 is 4.90 Å². The number of hydrogen-bond acceptors (Lipinski definition) is 12. The molecule has 0 radical (unpaired) electrons. The zero-order valence-electron chi connectivity index (χ0n) is 22.6. The summed E-state index contributed by atoms with van der Waals surface area (Å²) in [5.41, 5.74) is 1.42. The molecule has 16 heteroatoms. The minimum absolute atomic E-state index is 0.0887. The molecule has 4 N–H and O–H groups in total. The minimum atomic E-state index is -1.45. The maximum absolute atomic E-state index is 14.9. The van der Waals surface area contributed by atoms with Crippen LogP contribution in [-0.4, -0.2) is 99.3 Å². The number of aryl methyl sites for hydroxylation is 1. The number of benzene rings is 2. The van der Waals surface area contributed by atoms with E-state index in [9.17, 15) is 29.2 Å². The fraction of sp³-hybridized carbons (Fsp3) is 0.370. The zero-order chi connectivity index (χ0) is 30.0. The summed E-state index contributed by atoms with van der Waals surface area (Å²) >= 11 is 1.52. The molecule has 2 fully saturated rings. The van der Waals surface area contributed by atoms with Gasteiger partial charge in [0.15, 0.2) is 5.82 Å². The van der Waals surface area contributed by atoms with Gasteiger partial charge in [-0.15, -0.1) is 16.4 Å². The van der Waals surface area contributed by atoms with E-state index in [-0.39, 0.29) is 35.9 Å². The minimum Gasteiger partial charge on any atom is -0.394 e. The average Bonchev–Trinajstić information content (AvgIpc) is 3.71. The van der Waals surface area contributed by atoms with Crippen LogP contribution in [0.4, 0.5) is 14.5 Å². The van der Waals surface area contributed by atoms with Gasteiger partial charge in [0.1, 0.15) is 59.8 Å². The predicted molar refractivity (Wildman–Crippen MR) is 149 cm³/mol. The average molecular weight is 613 g/mol. The lowest BCUT2D eigenvalue weighted by Gasteiger charge is -2.41. The molecule has 7 rings (SSSR count). The number of aliphatic hydroxyl groups is 4. The first kappa shape index (κ1) is 27.9. The van der Waals surface area contributed by atoms with E-state index in [4.69, 9.17) is 4.74 Å². The van der Waals surface area contributed by atoms with Crippen LogP contribution in [0.3, 0.4) is 0 Å². The van der Waals surface area contributed by atoms with Crippen molar-refractivity contribution in [2.45, 2.75) is 43.5 Å². The van der Waals surface area contributed by atoms with Crippen LogP contribution in [0.2, 0.25) is 0 Å². The number of halogens is 2. The number of fused-ring (bicyclic) bond motifs is 1. The highest BCUT2D eigenvalue weighted by Gasteiger charge is 2.48. The molecular weight excluding hydrogens is 586 g/mol. The van der Waals surface area contributed by atoms with Crippen molar-refractivity contribution in [3.05, 3.63) is 65.3 Å². The van der Waals surface area contributed by atoms with E-state index in [1.165, 1.54) is 38.1 Å². The zero-order valence-corrected chi connectivity index (χ0v) is 23.4. The molecule has 0 amide bonds. The van der Waals surface area contributed by atoms with Crippen LogP contribution in [0, 0.1) is 18.6 Å². The number of β-amino-alcohol motifs (C(OH)–C–C–N with tert-alkyl or cyclic N) is 1. The molecule has 0 aliphatic carbocycles. The van der Waals surface area contributed by atoms with Crippen molar-refractivity contribution in [3.63, 3.8) is 0 Å². The molecule has 2 aromatic carbocycles. The number of thiazole rings is 1. The Morgan fingerprint density at radius 3 is 2.56 bits per heavy atom. The summed E-state index contributed by atoms with van der Waals surface area (Å²) in [4.78, 5) is 10.2. The topological polar surface area (TPSA) is 168 Å².